The lowest BCUT2D eigenvalue weighted by Crippen LogP contribution is -2.46. The molecule has 0 saturated carbocycles. The monoisotopic (exact) mass is 633 g/mol. The van der Waals surface area contributed by atoms with Crippen LogP contribution in [0.4, 0.5) is 14.7 Å². The van der Waals surface area contributed by atoms with Crippen molar-refractivity contribution >= 4 is 47.3 Å². The van der Waals surface area contributed by atoms with Crippen molar-refractivity contribution in [3.05, 3.63) is 39.7 Å². The number of aliphatic hydroxyl groups is 2. The Labute approximate surface area is 236 Å². The Kier molecular flexibility index (Phi) is 7.17. The van der Waals surface area contributed by atoms with Gasteiger partial charge in [0.05, 0.1) is 38.8 Å². The van der Waals surface area contributed by atoms with Gasteiger partial charge in [0.15, 0.2) is 40.9 Å². The first kappa shape index (κ1) is 28.8. The highest BCUT2D eigenvalue weighted by Crippen LogP contribution is 2.59. The zero-order valence-electron chi connectivity index (χ0n) is 21.0. The second-order valence-electron chi connectivity index (χ2n) is 9.43. The highest BCUT2D eigenvalue weighted by molar-refractivity contribution is 8.44. The van der Waals surface area contributed by atoms with Crippen LogP contribution in [0, 0.1) is 0 Å². The van der Waals surface area contributed by atoms with E-state index in [-0.39, 0.29) is 28.3 Å². The molecule has 2 aliphatic heterocycles. The topological polar surface area (TPSA) is 248 Å². The molecule has 2 unspecified atom stereocenters. The van der Waals surface area contributed by atoms with Gasteiger partial charge in [0, 0.05) is 0 Å². The first-order valence-electron chi connectivity index (χ1n) is 12.1. The van der Waals surface area contributed by atoms with E-state index in [2.05, 4.69) is 42.2 Å². The lowest BCUT2D eigenvalue weighted by atomic mass is 10.1. The van der Waals surface area contributed by atoms with Crippen LogP contribution in [0.1, 0.15) is 6.23 Å². The number of fused-ring (bicyclic) bond motifs is 2. The normalized spacial score (nSPS) is 31.3. The van der Waals surface area contributed by atoms with Crippen molar-refractivity contribution in [1.29, 1.82) is 0 Å². The number of ether oxygens (including phenoxy) is 2. The molecule has 0 aliphatic carbocycles. The van der Waals surface area contributed by atoms with Crippen LogP contribution < -0.4 is 16.9 Å². The fourth-order valence-corrected chi connectivity index (χ4v) is 6.51. The van der Waals surface area contributed by atoms with Crippen LogP contribution in [-0.2, 0) is 28.8 Å². The third-order valence-corrected chi connectivity index (χ3v) is 8.50. The van der Waals surface area contributed by atoms with Gasteiger partial charge in [-0.1, -0.05) is 12.2 Å². The standard InChI is InChI=1S/C20H22F2N9O9PS/c21-9-12(33)8(39-18(9)30-5-26-10-14(30)24-4-25-16(10)34)2-38-41(36,42)40-20(3-37-7(1-32)13(20)22)31-6-27-11-15(31)28-19(23)29-17(11)35/h4-9,12-13,18,32-33H,1-3H2,(H,36,42)(H,24,25,34)(H3,23,28,29,35)/t7-,8-,9+,12-,13+,18-,20?,41?/m1/s1. The van der Waals surface area contributed by atoms with Gasteiger partial charge < -0.3 is 30.4 Å². The Morgan fingerprint density at radius 2 is 1.93 bits per heavy atom. The average molecular weight is 633 g/mol. The molecule has 2 saturated heterocycles. The van der Waals surface area contributed by atoms with E-state index in [1.807, 2.05) is 0 Å². The van der Waals surface area contributed by atoms with E-state index in [1.54, 1.807) is 0 Å². The Morgan fingerprint density at radius 3 is 2.67 bits per heavy atom. The van der Waals surface area contributed by atoms with E-state index in [0.29, 0.717) is 0 Å². The van der Waals surface area contributed by atoms with Crippen LogP contribution in [0.5, 0.6) is 0 Å². The molecule has 18 nitrogen and oxygen atoms in total. The molecule has 2 fully saturated rings. The molecular formula is C20H22F2N9O9PS. The number of imidazole rings is 2. The highest BCUT2D eigenvalue weighted by Gasteiger charge is 2.57. The Bertz CT molecular complexity index is 1820. The number of hydrogen-bond donors (Lipinski definition) is 6. The third kappa shape index (κ3) is 4.61. The van der Waals surface area contributed by atoms with Crippen LogP contribution in [0.25, 0.3) is 22.3 Å². The number of nitrogens with one attached hydrogen (secondary N) is 2. The summed E-state index contributed by atoms with van der Waals surface area (Å²) in [6.07, 6.45) is -7.29. The summed E-state index contributed by atoms with van der Waals surface area (Å²) in [7, 11) is 0. The summed E-state index contributed by atoms with van der Waals surface area (Å²) >= 11 is 3.93. The van der Waals surface area contributed by atoms with E-state index in [1.165, 1.54) is 0 Å². The molecule has 22 heteroatoms. The molecule has 6 N–H and O–H groups in total. The number of nitrogens with two attached hydrogens (primary N) is 1. The number of aliphatic hydroxyl groups excluding tert-OH is 2. The molecule has 4 aromatic heterocycles. The van der Waals surface area contributed by atoms with Gasteiger partial charge in [-0.25, -0.2) is 28.3 Å². The first-order chi connectivity index (χ1) is 20.0. The quantitative estimate of drug-likeness (QED) is 0.0995. The molecule has 42 heavy (non-hydrogen) atoms. The number of thiol groups is 1. The smallest absolute Gasteiger partial charge is 0.388 e. The maximum absolute atomic E-state index is 15.8. The summed E-state index contributed by atoms with van der Waals surface area (Å²) in [4.78, 5) is 44.5. The molecular weight excluding hydrogens is 611 g/mol. The van der Waals surface area contributed by atoms with E-state index in [0.717, 1.165) is 28.1 Å². The summed E-state index contributed by atoms with van der Waals surface area (Å²) in [6, 6.07) is 0. The number of aromatic amines is 2. The van der Waals surface area contributed by atoms with Crippen molar-refractivity contribution in [3.8, 4) is 0 Å². The summed E-state index contributed by atoms with van der Waals surface area (Å²) in [6.45, 7) is -6.85. The number of anilines is 1. The molecule has 0 amide bonds. The predicted octanol–water partition coefficient (Wildman–Crippen LogP) is -1.12. The molecule has 0 aromatic carbocycles. The SMILES string of the molecule is Nc1nc2c(ncn2C2(OP(=O)(S)OC[C@H]3O[C@@H](n4cnc5c(=O)[nH]cnc54)[C@@H](F)[C@@H]3O)CO[C@H](CO)[C@@H]2F)c(=O)[nH]1. The summed E-state index contributed by atoms with van der Waals surface area (Å²) < 4.78 is 68.1. The van der Waals surface area contributed by atoms with Gasteiger partial charge in [-0.3, -0.25) is 32.8 Å². The molecule has 4 aromatic rings. The van der Waals surface area contributed by atoms with E-state index in [4.69, 9.17) is 24.3 Å². The predicted molar refractivity (Wildman–Crippen MR) is 139 cm³/mol. The van der Waals surface area contributed by atoms with Gasteiger partial charge in [0.1, 0.15) is 18.3 Å². The molecule has 6 rings (SSSR count). The fourth-order valence-electron chi connectivity index (χ4n) is 4.86. The second kappa shape index (κ2) is 10.5. The van der Waals surface area contributed by atoms with E-state index < -0.39 is 80.3 Å². The molecule has 0 spiro atoms. The van der Waals surface area contributed by atoms with Crippen LogP contribution in [0.15, 0.2) is 28.6 Å². The van der Waals surface area contributed by atoms with Crippen molar-refractivity contribution < 1.29 is 42.1 Å². The molecule has 8 atom stereocenters. The van der Waals surface area contributed by atoms with Gasteiger partial charge in [-0.15, -0.1) is 0 Å². The third-order valence-electron chi connectivity index (χ3n) is 6.88. The zero-order chi connectivity index (χ0) is 30.0. The van der Waals surface area contributed by atoms with Crippen molar-refractivity contribution in [2.75, 3.05) is 25.6 Å². The summed E-state index contributed by atoms with van der Waals surface area (Å²) in [5, 5.41) is 20.1. The maximum atomic E-state index is 15.8. The van der Waals surface area contributed by atoms with Gasteiger partial charge in [0.25, 0.3) is 11.1 Å². The van der Waals surface area contributed by atoms with E-state index in [9.17, 15) is 24.4 Å². The van der Waals surface area contributed by atoms with Crippen molar-refractivity contribution in [2.24, 2.45) is 0 Å². The lowest BCUT2D eigenvalue weighted by molar-refractivity contribution is -0.0721. The lowest BCUT2D eigenvalue weighted by Gasteiger charge is -2.33. The molecule has 2 aliphatic rings. The number of H-pyrrole nitrogens is 2. The Balaban J connectivity index is 1.25. The number of hydrogen-bond acceptors (Lipinski definition) is 14. The average Bonchev–Trinajstić information content (AvgIpc) is 3.70. The number of halogens is 2. The second-order valence-corrected chi connectivity index (χ2v) is 12.3. The number of nitrogen functional groups attached to an aromatic ring is 1. The van der Waals surface area contributed by atoms with Gasteiger partial charge in [0.2, 0.25) is 11.7 Å². The van der Waals surface area contributed by atoms with Crippen molar-refractivity contribution in [3.63, 3.8) is 0 Å². The fraction of sp³-hybridized carbons (Fsp3) is 0.500. The summed E-state index contributed by atoms with van der Waals surface area (Å²) in [5.74, 6) is -0.337. The number of rotatable bonds is 8. The number of alkyl halides is 2. The van der Waals surface area contributed by atoms with Crippen molar-refractivity contribution in [1.82, 2.24) is 39.0 Å². The van der Waals surface area contributed by atoms with Crippen LogP contribution >= 0.6 is 19.0 Å². The highest BCUT2D eigenvalue weighted by atomic mass is 32.7. The Morgan fingerprint density at radius 1 is 1.19 bits per heavy atom. The van der Waals surface area contributed by atoms with Gasteiger partial charge in [-0.05, 0) is 0 Å². The Hall–Kier alpha value is -3.30. The van der Waals surface area contributed by atoms with Crippen molar-refractivity contribution in [2.45, 2.75) is 42.6 Å². The zero-order valence-corrected chi connectivity index (χ0v) is 22.8. The number of nitrogens with zero attached hydrogens (tertiary/aromatic N) is 6. The largest absolute Gasteiger partial charge is 0.394 e. The molecule has 0 bridgehead atoms. The summed E-state index contributed by atoms with van der Waals surface area (Å²) in [5.41, 5.74) is 1.31. The van der Waals surface area contributed by atoms with Gasteiger partial charge in [-0.2, -0.15) is 4.98 Å². The minimum atomic E-state index is -4.64. The molecule has 226 valence electrons. The maximum Gasteiger partial charge on any atom is 0.388 e. The van der Waals surface area contributed by atoms with E-state index >= 15 is 8.78 Å². The van der Waals surface area contributed by atoms with Crippen LogP contribution in [-0.4, -0.2) is 99.7 Å². The molecule has 0 radical (unpaired) electrons. The minimum Gasteiger partial charge on any atom is -0.394 e. The van der Waals surface area contributed by atoms with Crippen LogP contribution in [0.3, 0.4) is 0 Å². The first-order valence-corrected chi connectivity index (χ1v) is 14.8. The molecule has 6 heterocycles. The minimum absolute atomic E-state index is 0.0142. The van der Waals surface area contributed by atoms with Crippen LogP contribution in [0.2, 0.25) is 0 Å². The van der Waals surface area contributed by atoms with Gasteiger partial charge >= 0.3 is 6.80 Å². The number of aromatic nitrogens is 8.